The molecule has 1 amide bonds. The number of sulfonamides is 1. The van der Waals surface area contributed by atoms with Gasteiger partial charge in [-0.15, -0.1) is 12.4 Å². The van der Waals surface area contributed by atoms with Crippen molar-refractivity contribution in [2.45, 2.75) is 11.3 Å². The molecule has 0 aliphatic rings. The zero-order valence-electron chi connectivity index (χ0n) is 20.7. The SMILES string of the molecule is CN(C)CCCN(C(=O)c1ccc(S(=O)(=O)N(C)c2ccccc2)cc1)c1nc2ccc(Br)cc2s1.Cl. The maximum absolute atomic E-state index is 13.6. The van der Waals surface area contributed by atoms with E-state index in [0.717, 1.165) is 27.7 Å². The van der Waals surface area contributed by atoms with Gasteiger partial charge in [-0.3, -0.25) is 14.0 Å². The molecule has 11 heteroatoms. The van der Waals surface area contributed by atoms with Gasteiger partial charge in [0.15, 0.2) is 5.13 Å². The first-order chi connectivity index (χ1) is 17.2. The van der Waals surface area contributed by atoms with E-state index in [-0.39, 0.29) is 23.2 Å². The van der Waals surface area contributed by atoms with Gasteiger partial charge in [0.1, 0.15) is 0 Å². The molecule has 0 saturated carbocycles. The summed E-state index contributed by atoms with van der Waals surface area (Å²) in [5, 5.41) is 0.618. The van der Waals surface area contributed by atoms with E-state index in [9.17, 15) is 13.2 Å². The lowest BCUT2D eigenvalue weighted by atomic mass is 10.2. The first-order valence-corrected chi connectivity index (χ1v) is 14.4. The summed E-state index contributed by atoms with van der Waals surface area (Å²) in [5.41, 5.74) is 1.79. The average molecular weight is 624 g/mol. The number of carbonyl (C=O) groups excluding carboxylic acids is 1. The average Bonchev–Trinajstić information content (AvgIpc) is 3.29. The number of anilines is 2. The van der Waals surface area contributed by atoms with Crippen LogP contribution in [0.2, 0.25) is 0 Å². The van der Waals surface area contributed by atoms with Crippen LogP contribution in [0.15, 0.2) is 82.2 Å². The lowest BCUT2D eigenvalue weighted by Crippen LogP contribution is -2.33. The van der Waals surface area contributed by atoms with Crippen molar-refractivity contribution in [3.8, 4) is 0 Å². The lowest BCUT2D eigenvalue weighted by molar-refractivity contribution is 0.0986. The minimum Gasteiger partial charge on any atom is -0.309 e. The Labute approximate surface area is 236 Å². The van der Waals surface area contributed by atoms with Crippen LogP contribution in [0.3, 0.4) is 0 Å². The third kappa shape index (κ3) is 6.69. The second kappa shape index (κ2) is 12.4. The molecule has 196 valence electrons. The summed E-state index contributed by atoms with van der Waals surface area (Å²) in [7, 11) is 1.74. The highest BCUT2D eigenvalue weighted by atomic mass is 79.9. The number of rotatable bonds is 9. The molecule has 0 N–H and O–H groups in total. The van der Waals surface area contributed by atoms with E-state index < -0.39 is 10.0 Å². The molecule has 3 aromatic carbocycles. The quantitative estimate of drug-likeness (QED) is 0.232. The Morgan fingerprint density at radius 1 is 0.946 bits per heavy atom. The number of carbonyl (C=O) groups is 1. The molecular formula is C26H28BrClN4O3S2. The lowest BCUT2D eigenvalue weighted by Gasteiger charge is -2.22. The Morgan fingerprint density at radius 3 is 2.27 bits per heavy atom. The fourth-order valence-corrected chi connectivity index (χ4v) is 6.43. The molecule has 1 heterocycles. The molecule has 0 aliphatic carbocycles. The van der Waals surface area contributed by atoms with Gasteiger partial charge in [-0.2, -0.15) is 0 Å². The minimum absolute atomic E-state index is 0. The van der Waals surface area contributed by atoms with Gasteiger partial charge < -0.3 is 4.90 Å². The van der Waals surface area contributed by atoms with E-state index in [2.05, 4.69) is 20.8 Å². The Morgan fingerprint density at radius 2 is 1.62 bits per heavy atom. The molecule has 0 bridgehead atoms. The van der Waals surface area contributed by atoms with Crippen molar-refractivity contribution in [1.29, 1.82) is 0 Å². The van der Waals surface area contributed by atoms with Crippen molar-refractivity contribution in [2.24, 2.45) is 0 Å². The van der Waals surface area contributed by atoms with Gasteiger partial charge in [0, 0.05) is 23.6 Å². The normalized spacial score (nSPS) is 11.4. The molecule has 0 aliphatic heterocycles. The number of hydrogen-bond acceptors (Lipinski definition) is 6. The smallest absolute Gasteiger partial charge is 0.264 e. The van der Waals surface area contributed by atoms with Gasteiger partial charge in [0.05, 0.1) is 20.8 Å². The summed E-state index contributed by atoms with van der Waals surface area (Å²) in [5.74, 6) is -0.216. The van der Waals surface area contributed by atoms with Crippen LogP contribution >= 0.6 is 39.7 Å². The van der Waals surface area contributed by atoms with Crippen LogP contribution in [0.4, 0.5) is 10.8 Å². The van der Waals surface area contributed by atoms with E-state index in [1.54, 1.807) is 41.3 Å². The fraction of sp³-hybridized carbons (Fsp3) is 0.231. The van der Waals surface area contributed by atoms with Crippen LogP contribution < -0.4 is 9.21 Å². The molecule has 0 fully saturated rings. The maximum atomic E-state index is 13.6. The van der Waals surface area contributed by atoms with Gasteiger partial charge in [0.25, 0.3) is 15.9 Å². The Hall–Kier alpha value is -2.50. The van der Waals surface area contributed by atoms with Gasteiger partial charge >= 0.3 is 0 Å². The molecular weight excluding hydrogens is 596 g/mol. The number of nitrogens with zero attached hydrogens (tertiary/aromatic N) is 4. The van der Waals surface area contributed by atoms with Crippen LogP contribution in [-0.4, -0.2) is 58.4 Å². The molecule has 0 spiro atoms. The summed E-state index contributed by atoms with van der Waals surface area (Å²) in [4.78, 5) is 22.2. The van der Waals surface area contributed by atoms with Gasteiger partial charge in [-0.05, 0) is 81.7 Å². The standard InChI is InChI=1S/C26H27BrN4O3S2.ClH/c1-29(2)16-7-17-31(26-28-23-15-12-20(27)18-24(23)35-26)25(32)19-10-13-22(14-11-19)36(33,34)30(3)21-8-5-4-6-9-21;/h4-6,8-15,18H,7,16-17H2,1-3H3;1H. The highest BCUT2D eigenvalue weighted by Gasteiger charge is 2.24. The number of benzene rings is 3. The number of para-hydroxylation sites is 1. The van der Waals surface area contributed by atoms with Crippen molar-refractivity contribution in [2.75, 3.05) is 43.4 Å². The number of aromatic nitrogens is 1. The fourth-order valence-electron chi connectivity index (χ4n) is 3.69. The number of thiazole rings is 1. The maximum Gasteiger partial charge on any atom is 0.264 e. The van der Waals surface area contributed by atoms with Crippen LogP contribution in [0.5, 0.6) is 0 Å². The third-order valence-corrected chi connectivity index (χ3v) is 9.02. The van der Waals surface area contributed by atoms with Gasteiger partial charge in [0.2, 0.25) is 0 Å². The molecule has 1 aromatic heterocycles. The topological polar surface area (TPSA) is 73.8 Å². The van der Waals surface area contributed by atoms with Crippen molar-refractivity contribution < 1.29 is 13.2 Å². The molecule has 0 atom stereocenters. The molecule has 7 nitrogen and oxygen atoms in total. The Kier molecular flexibility index (Phi) is 9.71. The second-order valence-electron chi connectivity index (χ2n) is 8.55. The van der Waals surface area contributed by atoms with Crippen molar-refractivity contribution in [1.82, 2.24) is 9.88 Å². The van der Waals surface area contributed by atoms with E-state index in [4.69, 9.17) is 4.98 Å². The zero-order valence-corrected chi connectivity index (χ0v) is 24.7. The highest BCUT2D eigenvalue weighted by Crippen LogP contribution is 2.32. The van der Waals surface area contributed by atoms with E-state index in [1.807, 2.05) is 38.4 Å². The van der Waals surface area contributed by atoms with Crippen LogP contribution in [0.25, 0.3) is 10.2 Å². The first-order valence-electron chi connectivity index (χ1n) is 11.3. The van der Waals surface area contributed by atoms with Crippen molar-refractivity contribution in [3.63, 3.8) is 0 Å². The van der Waals surface area contributed by atoms with Gasteiger partial charge in [-0.1, -0.05) is 45.5 Å². The second-order valence-corrected chi connectivity index (χ2v) is 12.4. The first kappa shape index (κ1) is 29.1. The predicted octanol–water partition coefficient (Wildman–Crippen LogP) is 5.90. The summed E-state index contributed by atoms with van der Waals surface area (Å²) >= 11 is 4.95. The summed E-state index contributed by atoms with van der Waals surface area (Å²) < 4.78 is 29.4. The molecule has 4 aromatic rings. The Balaban J connectivity index is 0.00000380. The number of hydrogen-bond donors (Lipinski definition) is 0. The van der Waals surface area contributed by atoms with Crippen LogP contribution in [0, 0.1) is 0 Å². The van der Waals surface area contributed by atoms with E-state index >= 15 is 0 Å². The summed E-state index contributed by atoms with van der Waals surface area (Å²) in [6.45, 7) is 1.32. The van der Waals surface area contributed by atoms with E-state index in [0.29, 0.717) is 22.9 Å². The molecule has 37 heavy (non-hydrogen) atoms. The largest absolute Gasteiger partial charge is 0.309 e. The monoisotopic (exact) mass is 622 g/mol. The number of fused-ring (bicyclic) bond motifs is 1. The molecule has 0 saturated heterocycles. The molecule has 0 unspecified atom stereocenters. The number of amides is 1. The van der Waals surface area contributed by atoms with E-state index in [1.165, 1.54) is 34.8 Å². The molecule has 0 radical (unpaired) electrons. The Bertz CT molecular complexity index is 1460. The van der Waals surface area contributed by atoms with Crippen molar-refractivity contribution >= 4 is 76.6 Å². The highest BCUT2D eigenvalue weighted by molar-refractivity contribution is 9.10. The summed E-state index contributed by atoms with van der Waals surface area (Å²) in [6.07, 6.45) is 0.771. The summed E-state index contributed by atoms with van der Waals surface area (Å²) in [6, 6.07) is 20.8. The predicted molar refractivity (Wildman–Crippen MR) is 158 cm³/mol. The third-order valence-electron chi connectivity index (χ3n) is 5.68. The van der Waals surface area contributed by atoms with Gasteiger partial charge in [-0.25, -0.2) is 13.4 Å². The molecule has 4 rings (SSSR count). The van der Waals surface area contributed by atoms with Crippen LogP contribution in [0.1, 0.15) is 16.8 Å². The van der Waals surface area contributed by atoms with Crippen molar-refractivity contribution in [3.05, 3.63) is 82.8 Å². The zero-order chi connectivity index (χ0) is 25.9. The van der Waals surface area contributed by atoms with Crippen LogP contribution in [-0.2, 0) is 10.0 Å². The number of halogens is 2. The minimum atomic E-state index is -3.76.